The van der Waals surface area contributed by atoms with E-state index in [2.05, 4.69) is 9.97 Å². The van der Waals surface area contributed by atoms with E-state index in [1.165, 1.54) is 29.3 Å². The summed E-state index contributed by atoms with van der Waals surface area (Å²) in [6.07, 6.45) is 1.46. The predicted octanol–water partition coefficient (Wildman–Crippen LogP) is 4.14. The first-order valence-electron chi connectivity index (χ1n) is 8.05. The second-order valence-electron chi connectivity index (χ2n) is 5.77. The summed E-state index contributed by atoms with van der Waals surface area (Å²) >= 11 is 2.82. The second kappa shape index (κ2) is 6.93. The average Bonchev–Trinajstić information content (AvgIpc) is 3.09. The standard InChI is InChI=1S/C19H15N3O2S2/c1-12(26-15-9-5-6-10-22(15)24)17-20-18(23)16-14(11-25-19(16)21-17)13-7-3-2-4-8-13/h2-12H,1H3,(H,20,21,23)/t12-/m0/s1. The Morgan fingerprint density at radius 3 is 2.73 bits per heavy atom. The molecule has 4 rings (SSSR count). The van der Waals surface area contributed by atoms with Crippen LogP contribution in [0.5, 0.6) is 0 Å². The van der Waals surface area contributed by atoms with E-state index in [-0.39, 0.29) is 10.8 Å². The summed E-state index contributed by atoms with van der Waals surface area (Å²) in [6, 6.07) is 15.1. The number of nitrogens with zero attached hydrogens (tertiary/aromatic N) is 2. The maximum atomic E-state index is 12.7. The Hall–Kier alpha value is -2.64. The quantitative estimate of drug-likeness (QED) is 0.328. The fraction of sp³-hybridized carbons (Fsp3) is 0.105. The molecule has 0 fully saturated rings. The lowest BCUT2D eigenvalue weighted by Crippen LogP contribution is -2.28. The molecule has 1 N–H and O–H groups in total. The van der Waals surface area contributed by atoms with Gasteiger partial charge in [-0.1, -0.05) is 30.3 Å². The Bertz CT molecular complexity index is 1120. The summed E-state index contributed by atoms with van der Waals surface area (Å²) in [7, 11) is 0. The molecule has 1 atom stereocenters. The number of aromatic nitrogens is 3. The minimum absolute atomic E-state index is 0.152. The molecule has 0 radical (unpaired) electrons. The van der Waals surface area contributed by atoms with Crippen molar-refractivity contribution in [2.45, 2.75) is 17.2 Å². The third kappa shape index (κ3) is 3.11. The summed E-state index contributed by atoms with van der Waals surface area (Å²) in [5, 5.41) is 14.8. The van der Waals surface area contributed by atoms with Crippen molar-refractivity contribution in [3.63, 3.8) is 0 Å². The van der Waals surface area contributed by atoms with Crippen LogP contribution >= 0.6 is 23.1 Å². The van der Waals surface area contributed by atoms with E-state index in [1.807, 2.05) is 48.7 Å². The van der Waals surface area contributed by atoms with Crippen LogP contribution in [0.2, 0.25) is 0 Å². The molecule has 0 spiro atoms. The Labute approximate surface area is 157 Å². The summed E-state index contributed by atoms with van der Waals surface area (Å²) in [4.78, 5) is 21.0. The maximum Gasteiger partial charge on any atom is 0.260 e. The first-order chi connectivity index (χ1) is 12.6. The lowest BCUT2D eigenvalue weighted by atomic mass is 10.1. The molecule has 0 aliphatic rings. The first-order valence-corrected chi connectivity index (χ1v) is 9.81. The number of H-pyrrole nitrogens is 1. The van der Waals surface area contributed by atoms with Gasteiger partial charge in [-0.3, -0.25) is 4.79 Å². The lowest BCUT2D eigenvalue weighted by molar-refractivity contribution is -0.645. The van der Waals surface area contributed by atoms with Crippen LogP contribution in [0.4, 0.5) is 0 Å². The van der Waals surface area contributed by atoms with Crippen LogP contribution < -0.4 is 10.3 Å². The van der Waals surface area contributed by atoms with Crippen LogP contribution in [0.15, 0.2) is 69.9 Å². The number of thioether (sulfide) groups is 1. The molecule has 0 unspecified atom stereocenters. The van der Waals surface area contributed by atoms with Gasteiger partial charge < -0.3 is 10.2 Å². The number of benzene rings is 1. The zero-order chi connectivity index (χ0) is 18.1. The van der Waals surface area contributed by atoms with E-state index < -0.39 is 0 Å². The van der Waals surface area contributed by atoms with Gasteiger partial charge in [0.05, 0.1) is 10.6 Å². The minimum Gasteiger partial charge on any atom is -0.618 e. The summed E-state index contributed by atoms with van der Waals surface area (Å²) in [5.74, 6) is 0.567. The van der Waals surface area contributed by atoms with E-state index >= 15 is 0 Å². The molecular weight excluding hydrogens is 366 g/mol. The minimum atomic E-state index is -0.156. The molecule has 0 saturated carbocycles. The molecule has 0 aliphatic heterocycles. The van der Waals surface area contributed by atoms with Gasteiger partial charge in [0.2, 0.25) is 0 Å². The largest absolute Gasteiger partial charge is 0.618 e. The number of pyridine rings is 1. The van der Waals surface area contributed by atoms with Gasteiger partial charge in [-0.15, -0.1) is 11.3 Å². The van der Waals surface area contributed by atoms with Gasteiger partial charge in [0.25, 0.3) is 10.6 Å². The molecule has 0 aliphatic carbocycles. The van der Waals surface area contributed by atoms with Gasteiger partial charge in [-0.25, -0.2) is 4.98 Å². The van der Waals surface area contributed by atoms with E-state index in [0.717, 1.165) is 15.9 Å². The van der Waals surface area contributed by atoms with Crippen LogP contribution in [-0.2, 0) is 0 Å². The molecule has 4 aromatic rings. The van der Waals surface area contributed by atoms with Crippen molar-refractivity contribution in [3.8, 4) is 11.1 Å². The lowest BCUT2D eigenvalue weighted by Gasteiger charge is -2.10. The zero-order valence-electron chi connectivity index (χ0n) is 13.9. The Balaban J connectivity index is 1.72. The van der Waals surface area contributed by atoms with Gasteiger partial charge in [-0.05, 0) is 30.3 Å². The normalized spacial score (nSPS) is 12.3. The van der Waals surface area contributed by atoms with Crippen molar-refractivity contribution in [3.05, 3.63) is 81.5 Å². The van der Waals surface area contributed by atoms with Crippen molar-refractivity contribution >= 4 is 33.3 Å². The monoisotopic (exact) mass is 381 g/mol. The number of hydrogen-bond donors (Lipinski definition) is 1. The zero-order valence-corrected chi connectivity index (χ0v) is 15.5. The molecular formula is C19H15N3O2S2. The highest BCUT2D eigenvalue weighted by Crippen LogP contribution is 2.34. The number of rotatable bonds is 4. The Morgan fingerprint density at radius 1 is 1.19 bits per heavy atom. The molecule has 1 aromatic carbocycles. The molecule has 26 heavy (non-hydrogen) atoms. The summed E-state index contributed by atoms with van der Waals surface area (Å²) in [5.41, 5.74) is 1.74. The molecule has 0 saturated heterocycles. The third-order valence-electron chi connectivity index (χ3n) is 4.02. The number of hydrogen-bond acceptors (Lipinski definition) is 5. The third-order valence-corrected chi connectivity index (χ3v) is 6.02. The number of thiophene rings is 1. The van der Waals surface area contributed by atoms with Crippen LogP contribution in [0, 0.1) is 5.21 Å². The van der Waals surface area contributed by atoms with Crippen LogP contribution in [-0.4, -0.2) is 9.97 Å². The van der Waals surface area contributed by atoms with Gasteiger partial charge in [0.1, 0.15) is 10.7 Å². The Morgan fingerprint density at radius 2 is 1.96 bits per heavy atom. The van der Waals surface area contributed by atoms with E-state index in [9.17, 15) is 10.0 Å². The predicted molar refractivity (Wildman–Crippen MR) is 105 cm³/mol. The number of nitrogens with one attached hydrogen (secondary N) is 1. The summed E-state index contributed by atoms with van der Waals surface area (Å²) in [6.45, 7) is 1.92. The van der Waals surface area contributed by atoms with Gasteiger partial charge >= 0.3 is 0 Å². The van der Waals surface area contributed by atoms with Crippen molar-refractivity contribution in [1.29, 1.82) is 0 Å². The topological polar surface area (TPSA) is 72.7 Å². The maximum absolute atomic E-state index is 12.7. The molecule has 130 valence electrons. The van der Waals surface area contributed by atoms with Crippen LogP contribution in [0.25, 0.3) is 21.3 Å². The van der Waals surface area contributed by atoms with Gasteiger partial charge in [-0.2, -0.15) is 4.73 Å². The molecule has 0 bridgehead atoms. The molecule has 7 heteroatoms. The number of fused-ring (bicyclic) bond motifs is 1. The summed E-state index contributed by atoms with van der Waals surface area (Å²) < 4.78 is 0.816. The molecule has 3 heterocycles. The highest BCUT2D eigenvalue weighted by molar-refractivity contribution is 7.99. The smallest absolute Gasteiger partial charge is 0.260 e. The van der Waals surface area contributed by atoms with Gasteiger partial charge in [0, 0.05) is 23.1 Å². The van der Waals surface area contributed by atoms with Crippen LogP contribution in [0.1, 0.15) is 18.0 Å². The van der Waals surface area contributed by atoms with Crippen molar-refractivity contribution in [1.82, 2.24) is 9.97 Å². The fourth-order valence-corrected chi connectivity index (χ4v) is 4.59. The van der Waals surface area contributed by atoms with E-state index in [0.29, 0.717) is 21.1 Å². The van der Waals surface area contributed by atoms with E-state index in [1.54, 1.807) is 12.1 Å². The molecule has 5 nitrogen and oxygen atoms in total. The van der Waals surface area contributed by atoms with Crippen molar-refractivity contribution < 1.29 is 4.73 Å². The van der Waals surface area contributed by atoms with Crippen LogP contribution in [0.3, 0.4) is 0 Å². The average molecular weight is 381 g/mol. The molecule has 0 amide bonds. The first kappa shape index (κ1) is 16.8. The molecule has 3 aromatic heterocycles. The fourth-order valence-electron chi connectivity index (χ4n) is 2.73. The second-order valence-corrected chi connectivity index (χ2v) is 7.99. The van der Waals surface area contributed by atoms with Gasteiger partial charge in [0.15, 0.2) is 6.20 Å². The highest BCUT2D eigenvalue weighted by Gasteiger charge is 2.18. The number of aromatic amines is 1. The van der Waals surface area contributed by atoms with Crippen molar-refractivity contribution in [2.75, 3.05) is 0 Å². The van der Waals surface area contributed by atoms with E-state index in [4.69, 9.17) is 0 Å². The Kier molecular flexibility index (Phi) is 4.48. The highest BCUT2D eigenvalue weighted by atomic mass is 32.2. The van der Waals surface area contributed by atoms with Crippen molar-refractivity contribution in [2.24, 2.45) is 0 Å². The SMILES string of the molecule is C[C@H](Sc1cccc[n+]1[O-])c1nc2scc(-c3ccccc3)c2c(=O)[nH]1.